The summed E-state index contributed by atoms with van der Waals surface area (Å²) in [6, 6.07) is 3.61. The van der Waals surface area contributed by atoms with E-state index in [1.807, 2.05) is 17.9 Å². The van der Waals surface area contributed by atoms with E-state index in [9.17, 15) is 4.79 Å². The molecular weight excluding hydrogens is 322 g/mol. The van der Waals surface area contributed by atoms with Gasteiger partial charge in [0.2, 0.25) is 11.8 Å². The molecule has 1 amide bonds. The van der Waals surface area contributed by atoms with Crippen molar-refractivity contribution in [3.8, 4) is 5.88 Å². The van der Waals surface area contributed by atoms with Crippen LogP contribution in [0.3, 0.4) is 0 Å². The number of aromatic nitrogens is 2. The first kappa shape index (κ1) is 16.1. The van der Waals surface area contributed by atoms with E-state index in [4.69, 9.17) is 13.9 Å². The number of amides is 1. The minimum atomic E-state index is -0.293. The van der Waals surface area contributed by atoms with E-state index in [0.717, 1.165) is 18.5 Å². The standard InChI is InChI=1S/C18H21N3O4/c1-13-9-19-10-16(20-13)25-15-4-6-24-18(8-15)11-21(12-18)17(22)7-14-3-2-5-23-14/h2-3,5,9-10,15H,4,6-8,11-12H2,1H3. The second kappa shape index (κ2) is 6.48. The Morgan fingerprint density at radius 2 is 2.32 bits per heavy atom. The Kier molecular flexibility index (Phi) is 4.17. The third-order valence-corrected chi connectivity index (χ3v) is 4.68. The third kappa shape index (κ3) is 3.51. The molecule has 7 nitrogen and oxygen atoms in total. The van der Waals surface area contributed by atoms with Crippen molar-refractivity contribution < 1.29 is 18.7 Å². The molecule has 132 valence electrons. The molecule has 4 heterocycles. The lowest BCUT2D eigenvalue weighted by molar-refractivity contribution is -0.193. The minimum absolute atomic E-state index is 0.0344. The predicted molar refractivity (Wildman–Crippen MR) is 88.1 cm³/mol. The molecule has 2 aliphatic rings. The molecule has 1 unspecified atom stereocenters. The van der Waals surface area contributed by atoms with E-state index in [0.29, 0.717) is 37.8 Å². The average molecular weight is 343 g/mol. The van der Waals surface area contributed by atoms with E-state index in [1.54, 1.807) is 24.7 Å². The molecule has 2 saturated heterocycles. The maximum absolute atomic E-state index is 12.3. The monoisotopic (exact) mass is 343 g/mol. The molecule has 25 heavy (non-hydrogen) atoms. The fourth-order valence-corrected chi connectivity index (χ4v) is 3.47. The topological polar surface area (TPSA) is 77.7 Å². The van der Waals surface area contributed by atoms with E-state index in [2.05, 4.69) is 9.97 Å². The minimum Gasteiger partial charge on any atom is -0.473 e. The zero-order chi connectivity index (χ0) is 17.3. The first-order valence-corrected chi connectivity index (χ1v) is 8.51. The molecule has 2 fully saturated rings. The smallest absolute Gasteiger partial charge is 0.232 e. The van der Waals surface area contributed by atoms with Gasteiger partial charge in [0.15, 0.2) is 0 Å². The average Bonchev–Trinajstić information content (AvgIpc) is 3.05. The molecule has 2 aliphatic heterocycles. The van der Waals surface area contributed by atoms with E-state index in [-0.39, 0.29) is 17.6 Å². The molecule has 2 aromatic heterocycles. The highest BCUT2D eigenvalue weighted by Gasteiger charge is 2.49. The summed E-state index contributed by atoms with van der Waals surface area (Å²) in [4.78, 5) is 22.6. The van der Waals surface area contributed by atoms with Crippen LogP contribution >= 0.6 is 0 Å². The number of nitrogens with zero attached hydrogens (tertiary/aromatic N) is 3. The van der Waals surface area contributed by atoms with Crippen molar-refractivity contribution in [2.24, 2.45) is 0 Å². The number of aryl methyl sites for hydroxylation is 1. The van der Waals surface area contributed by atoms with E-state index < -0.39 is 0 Å². The number of hydrogen-bond acceptors (Lipinski definition) is 6. The summed E-state index contributed by atoms with van der Waals surface area (Å²) in [7, 11) is 0. The zero-order valence-corrected chi connectivity index (χ0v) is 14.2. The Labute approximate surface area is 146 Å². The van der Waals surface area contributed by atoms with Crippen molar-refractivity contribution in [2.75, 3.05) is 19.7 Å². The SMILES string of the molecule is Cc1cncc(OC2CCOC3(C2)CN(C(=O)Cc2ccco2)C3)n1. The number of hydrogen-bond donors (Lipinski definition) is 0. The van der Waals surface area contributed by atoms with Crippen molar-refractivity contribution in [2.45, 2.75) is 37.9 Å². The summed E-state index contributed by atoms with van der Waals surface area (Å²) in [5.74, 6) is 1.30. The first-order valence-electron chi connectivity index (χ1n) is 8.51. The summed E-state index contributed by atoms with van der Waals surface area (Å²) in [6.07, 6.45) is 6.82. The van der Waals surface area contributed by atoms with Crippen LogP contribution in [0.4, 0.5) is 0 Å². The van der Waals surface area contributed by atoms with Crippen molar-refractivity contribution in [3.05, 3.63) is 42.2 Å². The number of rotatable bonds is 4. The molecule has 1 atom stereocenters. The fraction of sp³-hybridized carbons (Fsp3) is 0.500. The van der Waals surface area contributed by atoms with Crippen LogP contribution in [0.15, 0.2) is 35.2 Å². The van der Waals surface area contributed by atoms with Gasteiger partial charge in [0.25, 0.3) is 0 Å². The van der Waals surface area contributed by atoms with Gasteiger partial charge in [0, 0.05) is 19.0 Å². The molecule has 2 aromatic rings. The number of carbonyl (C=O) groups is 1. The molecule has 0 N–H and O–H groups in total. The van der Waals surface area contributed by atoms with Gasteiger partial charge < -0.3 is 18.8 Å². The third-order valence-electron chi connectivity index (χ3n) is 4.68. The summed E-state index contributed by atoms with van der Waals surface area (Å²) < 4.78 is 17.2. The quantitative estimate of drug-likeness (QED) is 0.842. The molecule has 0 radical (unpaired) electrons. The van der Waals surface area contributed by atoms with Crippen molar-refractivity contribution >= 4 is 5.91 Å². The van der Waals surface area contributed by atoms with Gasteiger partial charge in [-0.15, -0.1) is 0 Å². The lowest BCUT2D eigenvalue weighted by atomic mass is 9.84. The van der Waals surface area contributed by atoms with Gasteiger partial charge >= 0.3 is 0 Å². The molecular formula is C18H21N3O4. The predicted octanol–water partition coefficient (Wildman–Crippen LogP) is 1.76. The Bertz CT molecular complexity index is 741. The van der Waals surface area contributed by atoms with Gasteiger partial charge in [-0.1, -0.05) is 0 Å². The van der Waals surface area contributed by atoms with Crippen molar-refractivity contribution in [3.63, 3.8) is 0 Å². The first-order chi connectivity index (χ1) is 12.1. The maximum atomic E-state index is 12.3. The van der Waals surface area contributed by atoms with Gasteiger partial charge in [-0.05, 0) is 19.1 Å². The van der Waals surface area contributed by atoms with Crippen LogP contribution in [0.2, 0.25) is 0 Å². The van der Waals surface area contributed by atoms with Gasteiger partial charge in [0.1, 0.15) is 17.5 Å². The molecule has 0 aliphatic carbocycles. The number of likely N-dealkylation sites (tertiary alicyclic amines) is 1. The second-order valence-electron chi connectivity index (χ2n) is 6.77. The van der Waals surface area contributed by atoms with Gasteiger partial charge in [0.05, 0.1) is 44.3 Å². The Morgan fingerprint density at radius 3 is 3.08 bits per heavy atom. The van der Waals surface area contributed by atoms with Crippen molar-refractivity contribution in [1.29, 1.82) is 0 Å². The molecule has 4 rings (SSSR count). The summed E-state index contributed by atoms with van der Waals surface area (Å²) in [6.45, 7) is 3.72. The maximum Gasteiger partial charge on any atom is 0.232 e. The number of ether oxygens (including phenoxy) is 2. The lowest BCUT2D eigenvalue weighted by Gasteiger charge is -2.52. The highest BCUT2D eigenvalue weighted by Crippen LogP contribution is 2.35. The highest BCUT2D eigenvalue weighted by atomic mass is 16.5. The zero-order valence-electron chi connectivity index (χ0n) is 14.2. The van der Waals surface area contributed by atoms with Crippen LogP contribution < -0.4 is 4.74 Å². The van der Waals surface area contributed by atoms with Crippen LogP contribution in [0, 0.1) is 6.92 Å². The van der Waals surface area contributed by atoms with E-state index >= 15 is 0 Å². The van der Waals surface area contributed by atoms with Crippen LogP contribution in [0.25, 0.3) is 0 Å². The molecule has 0 aromatic carbocycles. The number of furan rings is 1. The fourth-order valence-electron chi connectivity index (χ4n) is 3.47. The number of carbonyl (C=O) groups excluding carboxylic acids is 1. The Morgan fingerprint density at radius 1 is 1.44 bits per heavy atom. The summed E-state index contributed by atoms with van der Waals surface area (Å²) in [5, 5.41) is 0. The summed E-state index contributed by atoms with van der Waals surface area (Å²) >= 11 is 0. The van der Waals surface area contributed by atoms with Crippen LogP contribution in [-0.4, -0.2) is 52.2 Å². The molecule has 1 spiro atoms. The normalized spacial score (nSPS) is 21.8. The van der Waals surface area contributed by atoms with Crippen LogP contribution in [-0.2, 0) is 16.0 Å². The van der Waals surface area contributed by atoms with E-state index in [1.165, 1.54) is 0 Å². The second-order valence-corrected chi connectivity index (χ2v) is 6.77. The van der Waals surface area contributed by atoms with Gasteiger partial charge in [-0.25, -0.2) is 4.98 Å². The summed E-state index contributed by atoms with van der Waals surface area (Å²) in [5.41, 5.74) is 0.538. The Balaban J connectivity index is 1.32. The molecule has 7 heteroatoms. The largest absolute Gasteiger partial charge is 0.473 e. The van der Waals surface area contributed by atoms with Crippen LogP contribution in [0.1, 0.15) is 24.3 Å². The van der Waals surface area contributed by atoms with Crippen molar-refractivity contribution in [1.82, 2.24) is 14.9 Å². The lowest BCUT2D eigenvalue weighted by Crippen LogP contribution is -2.67. The Hall–Kier alpha value is -2.41. The van der Waals surface area contributed by atoms with Gasteiger partial charge in [-0.2, -0.15) is 0 Å². The highest BCUT2D eigenvalue weighted by molar-refractivity contribution is 5.79. The molecule has 0 saturated carbocycles. The van der Waals surface area contributed by atoms with Crippen LogP contribution in [0.5, 0.6) is 5.88 Å². The van der Waals surface area contributed by atoms with Gasteiger partial charge in [-0.3, -0.25) is 9.78 Å². The molecule has 0 bridgehead atoms.